The SMILES string of the molecule is C[C@@]1(F)CC(F)(F)[C@@](C)(c2cc(CC(=O)c3nc(CF)cs3)ccc2F)N=C1N. The van der Waals surface area contributed by atoms with E-state index in [1.54, 1.807) is 0 Å². The largest absolute Gasteiger partial charge is 0.385 e. The van der Waals surface area contributed by atoms with E-state index in [1.807, 2.05) is 0 Å². The second-order valence-electron chi connectivity index (χ2n) is 7.34. The number of nitrogens with zero attached hydrogens (tertiary/aromatic N) is 2. The van der Waals surface area contributed by atoms with Crippen LogP contribution < -0.4 is 5.73 Å². The lowest BCUT2D eigenvalue weighted by Gasteiger charge is -2.42. The maximum absolute atomic E-state index is 14.8. The Kier molecular flexibility index (Phi) is 5.27. The summed E-state index contributed by atoms with van der Waals surface area (Å²) in [7, 11) is 0. The number of aromatic nitrogens is 1. The lowest BCUT2D eigenvalue weighted by molar-refractivity contribution is -0.106. The molecule has 0 radical (unpaired) electrons. The Morgan fingerprint density at radius 2 is 1.97 bits per heavy atom. The number of carbonyl (C=O) groups excluding carboxylic acids is 1. The minimum Gasteiger partial charge on any atom is -0.385 e. The highest BCUT2D eigenvalue weighted by molar-refractivity contribution is 7.11. The summed E-state index contributed by atoms with van der Waals surface area (Å²) in [6.07, 6.45) is -1.51. The van der Waals surface area contributed by atoms with Gasteiger partial charge in [0.2, 0.25) is 0 Å². The first-order valence-electron chi connectivity index (χ1n) is 8.64. The number of nitrogens with two attached hydrogens (primary N) is 1. The van der Waals surface area contributed by atoms with Crippen LogP contribution in [0.15, 0.2) is 28.6 Å². The molecule has 0 unspecified atom stereocenters. The molecule has 0 saturated heterocycles. The zero-order valence-corrected chi connectivity index (χ0v) is 16.4. The Balaban J connectivity index is 1.99. The summed E-state index contributed by atoms with van der Waals surface area (Å²) in [6, 6.07) is 3.32. The number of rotatable bonds is 5. The highest BCUT2D eigenvalue weighted by atomic mass is 32.1. The van der Waals surface area contributed by atoms with Gasteiger partial charge in [-0.25, -0.2) is 26.9 Å². The molecule has 2 atom stereocenters. The van der Waals surface area contributed by atoms with Crippen molar-refractivity contribution < 1.29 is 26.7 Å². The van der Waals surface area contributed by atoms with E-state index in [4.69, 9.17) is 5.73 Å². The second kappa shape index (κ2) is 7.16. The molecule has 2 aromatic rings. The predicted octanol–water partition coefficient (Wildman–Crippen LogP) is 4.52. The van der Waals surface area contributed by atoms with E-state index in [-0.39, 0.29) is 22.7 Å². The van der Waals surface area contributed by atoms with Gasteiger partial charge in [0.25, 0.3) is 5.92 Å². The molecule has 29 heavy (non-hydrogen) atoms. The maximum Gasteiger partial charge on any atom is 0.280 e. The van der Waals surface area contributed by atoms with Crippen molar-refractivity contribution >= 4 is 23.0 Å². The molecule has 156 valence electrons. The molecule has 4 nitrogen and oxygen atoms in total. The third kappa shape index (κ3) is 3.77. The zero-order valence-electron chi connectivity index (χ0n) is 15.6. The van der Waals surface area contributed by atoms with Crippen LogP contribution in [0.2, 0.25) is 0 Å². The van der Waals surface area contributed by atoms with Crippen LogP contribution in [0.5, 0.6) is 0 Å². The number of hydrogen-bond acceptors (Lipinski definition) is 5. The Labute approximate surface area is 167 Å². The highest BCUT2D eigenvalue weighted by Crippen LogP contribution is 2.50. The minimum atomic E-state index is -3.73. The Morgan fingerprint density at radius 3 is 2.59 bits per heavy atom. The molecule has 0 aliphatic carbocycles. The van der Waals surface area contributed by atoms with Gasteiger partial charge in [0.1, 0.15) is 18.3 Å². The summed E-state index contributed by atoms with van der Waals surface area (Å²) in [5.74, 6) is -5.81. The van der Waals surface area contributed by atoms with Gasteiger partial charge in [-0.2, -0.15) is 0 Å². The third-order valence-corrected chi connectivity index (χ3v) is 5.92. The fourth-order valence-corrected chi connectivity index (χ4v) is 3.93. The van der Waals surface area contributed by atoms with Gasteiger partial charge in [-0.05, 0) is 31.5 Å². The standard InChI is InChI=1S/C19H18F5N3OS/c1-17(22)9-19(23,24)18(2,27-16(17)25)12-5-10(3-4-13(12)21)6-14(28)15-26-11(7-20)8-29-15/h3-5,8H,6-7,9H2,1-2H3,(H2,25,27)/t17-,18-/m1/s1. The average Bonchev–Trinajstić information content (AvgIpc) is 3.10. The first kappa shape index (κ1) is 21.4. The Morgan fingerprint density at radius 1 is 1.28 bits per heavy atom. The minimum absolute atomic E-state index is 0.0631. The van der Waals surface area contributed by atoms with Crippen molar-refractivity contribution in [1.29, 1.82) is 0 Å². The van der Waals surface area contributed by atoms with Crippen LogP contribution in [0.3, 0.4) is 0 Å². The summed E-state index contributed by atoms with van der Waals surface area (Å²) >= 11 is 0.961. The molecule has 1 aliphatic heterocycles. The van der Waals surface area contributed by atoms with E-state index >= 15 is 0 Å². The number of carbonyl (C=O) groups is 1. The van der Waals surface area contributed by atoms with Crippen LogP contribution >= 0.6 is 11.3 Å². The van der Waals surface area contributed by atoms with Crippen LogP contribution in [0.4, 0.5) is 22.0 Å². The van der Waals surface area contributed by atoms with Crippen LogP contribution in [0.25, 0.3) is 0 Å². The summed E-state index contributed by atoms with van der Waals surface area (Å²) in [5.41, 5.74) is 0.442. The molecule has 1 aromatic carbocycles. The molecule has 0 amide bonds. The third-order valence-electron chi connectivity index (χ3n) is 4.99. The summed E-state index contributed by atoms with van der Waals surface area (Å²) in [4.78, 5) is 19.8. The molecule has 10 heteroatoms. The van der Waals surface area contributed by atoms with Crippen molar-refractivity contribution in [3.63, 3.8) is 0 Å². The molecule has 2 heterocycles. The van der Waals surface area contributed by atoms with Gasteiger partial charge in [0.15, 0.2) is 22.0 Å². The number of benzene rings is 1. The van der Waals surface area contributed by atoms with Crippen LogP contribution in [0, 0.1) is 5.82 Å². The van der Waals surface area contributed by atoms with Gasteiger partial charge >= 0.3 is 0 Å². The van der Waals surface area contributed by atoms with Gasteiger partial charge in [0, 0.05) is 17.4 Å². The number of aliphatic imine (C=N–C) groups is 1. The summed E-state index contributed by atoms with van der Waals surface area (Å²) < 4.78 is 71.0. The number of ketones is 1. The summed E-state index contributed by atoms with van der Waals surface area (Å²) in [5, 5.41) is 1.46. The molecule has 2 N–H and O–H groups in total. The monoisotopic (exact) mass is 431 g/mol. The van der Waals surface area contributed by atoms with Crippen LogP contribution in [-0.4, -0.2) is 28.2 Å². The normalized spacial score (nSPS) is 26.2. The maximum atomic E-state index is 14.8. The molecule has 0 fully saturated rings. The van der Waals surface area contributed by atoms with Gasteiger partial charge < -0.3 is 5.73 Å². The van der Waals surface area contributed by atoms with E-state index in [0.29, 0.717) is 0 Å². The summed E-state index contributed by atoms with van der Waals surface area (Å²) in [6.45, 7) is 1.06. The van der Waals surface area contributed by atoms with E-state index < -0.39 is 53.2 Å². The van der Waals surface area contributed by atoms with E-state index in [1.165, 1.54) is 11.4 Å². The molecular formula is C19H18F5N3OS. The van der Waals surface area contributed by atoms with Crippen molar-refractivity contribution in [2.75, 3.05) is 0 Å². The van der Waals surface area contributed by atoms with E-state index in [0.717, 1.165) is 37.3 Å². The molecule has 0 bridgehead atoms. The average molecular weight is 431 g/mol. The van der Waals surface area contributed by atoms with Crippen molar-refractivity contribution in [3.8, 4) is 0 Å². The quantitative estimate of drug-likeness (QED) is 0.559. The lowest BCUT2D eigenvalue weighted by atomic mass is 9.77. The zero-order chi connectivity index (χ0) is 21.6. The molecular weight excluding hydrogens is 413 g/mol. The van der Waals surface area contributed by atoms with Crippen molar-refractivity contribution in [1.82, 2.24) is 4.98 Å². The number of amidine groups is 1. The Hall–Kier alpha value is -2.36. The van der Waals surface area contributed by atoms with Gasteiger partial charge in [0.05, 0.1) is 12.1 Å². The molecule has 3 rings (SSSR count). The number of thiazole rings is 1. The fourth-order valence-electron chi connectivity index (χ4n) is 3.19. The van der Waals surface area contributed by atoms with Crippen LogP contribution in [0.1, 0.15) is 46.9 Å². The second-order valence-corrected chi connectivity index (χ2v) is 8.20. The van der Waals surface area contributed by atoms with Crippen molar-refractivity contribution in [2.45, 2.75) is 50.5 Å². The first-order valence-corrected chi connectivity index (χ1v) is 9.52. The lowest BCUT2D eigenvalue weighted by Crippen LogP contribution is -2.56. The number of alkyl halides is 4. The van der Waals surface area contributed by atoms with Gasteiger partial charge in [-0.15, -0.1) is 11.3 Å². The smallest absolute Gasteiger partial charge is 0.280 e. The fraction of sp³-hybridized carbons (Fsp3) is 0.421. The molecule has 0 spiro atoms. The molecule has 1 aliphatic rings. The predicted molar refractivity (Wildman–Crippen MR) is 99.4 cm³/mol. The van der Waals surface area contributed by atoms with E-state index in [9.17, 15) is 26.7 Å². The van der Waals surface area contributed by atoms with Gasteiger partial charge in [-0.3, -0.25) is 9.79 Å². The first-order chi connectivity index (χ1) is 13.4. The van der Waals surface area contributed by atoms with Crippen molar-refractivity contribution in [3.05, 3.63) is 51.2 Å². The van der Waals surface area contributed by atoms with Crippen molar-refractivity contribution in [2.24, 2.45) is 10.7 Å². The number of hydrogen-bond donors (Lipinski definition) is 1. The van der Waals surface area contributed by atoms with Crippen LogP contribution in [-0.2, 0) is 18.6 Å². The number of Topliss-reactive ketones (excluding diaryl/α,β-unsaturated/α-hetero) is 1. The number of halogens is 5. The van der Waals surface area contributed by atoms with E-state index in [2.05, 4.69) is 9.98 Å². The Bertz CT molecular complexity index is 988. The topological polar surface area (TPSA) is 68.3 Å². The molecule has 0 saturated carbocycles. The molecule has 1 aromatic heterocycles. The highest BCUT2D eigenvalue weighted by Gasteiger charge is 2.60. The van der Waals surface area contributed by atoms with Gasteiger partial charge in [-0.1, -0.05) is 6.07 Å².